The van der Waals surface area contributed by atoms with Gasteiger partial charge in [0, 0.05) is 19.6 Å². The van der Waals surface area contributed by atoms with Crippen LogP contribution in [0.1, 0.15) is 38.4 Å². The Bertz CT molecular complexity index is 1070. The third-order valence-corrected chi connectivity index (χ3v) is 7.69. The van der Waals surface area contributed by atoms with Crippen LogP contribution in [-0.2, 0) is 37.4 Å². The number of carbonyl (C=O) groups is 1. The molecule has 1 fully saturated rings. The minimum absolute atomic E-state index is 0.0826. The first-order valence-corrected chi connectivity index (χ1v) is 12.3. The van der Waals surface area contributed by atoms with Gasteiger partial charge in [-0.2, -0.15) is 4.31 Å². The molecule has 0 spiro atoms. The summed E-state index contributed by atoms with van der Waals surface area (Å²) in [5, 5.41) is 0. The molecule has 9 heteroatoms. The quantitative estimate of drug-likeness (QED) is 0.479. The average Bonchev–Trinajstić information content (AvgIpc) is 3.15. The molecule has 31 heavy (non-hydrogen) atoms. The van der Waals surface area contributed by atoms with Crippen molar-refractivity contribution in [3.05, 3.63) is 36.2 Å². The molecule has 2 heterocycles. The molecule has 0 saturated carbocycles. The number of fused-ring (bicyclic) bond motifs is 1. The Balaban J connectivity index is 1.58. The van der Waals surface area contributed by atoms with Gasteiger partial charge >= 0.3 is 5.97 Å². The Morgan fingerprint density at radius 2 is 2.06 bits per heavy atom. The monoisotopic (exact) mass is 447 g/mol. The highest BCUT2D eigenvalue weighted by Gasteiger charge is 2.27. The molecule has 0 amide bonds. The Morgan fingerprint density at radius 1 is 1.26 bits per heavy atom. The molecule has 2 aliphatic rings. The van der Waals surface area contributed by atoms with Gasteiger partial charge in [-0.1, -0.05) is 19.1 Å². The van der Waals surface area contributed by atoms with Crippen LogP contribution in [-0.4, -0.2) is 54.5 Å². The number of imidazole rings is 1. The molecule has 0 bridgehead atoms. The number of hydrogen-bond donors (Lipinski definition) is 0. The summed E-state index contributed by atoms with van der Waals surface area (Å²) in [6.45, 7) is 4.36. The molecule has 1 aromatic heterocycles. The maximum atomic E-state index is 13.0. The lowest BCUT2D eigenvalue weighted by atomic mass is 9.95. The molecule has 168 valence electrons. The molecule has 1 aromatic carbocycles. The predicted molar refractivity (Wildman–Crippen MR) is 116 cm³/mol. The fraction of sp³-hybridized carbons (Fsp3) is 0.545. The molecule has 8 nitrogen and oxygen atoms in total. The smallest absolute Gasteiger partial charge is 0.309 e. The largest absolute Gasteiger partial charge is 0.457 e. The zero-order valence-electron chi connectivity index (χ0n) is 17.8. The zero-order chi connectivity index (χ0) is 21.8. The van der Waals surface area contributed by atoms with Crippen LogP contribution in [0.25, 0.3) is 11.0 Å². The lowest BCUT2D eigenvalue weighted by Crippen LogP contribution is -2.40. The van der Waals surface area contributed by atoms with E-state index in [1.165, 1.54) is 4.31 Å². The SMILES string of the molecule is CCCn1c(COC(=O)C2CC=CCC2)nc2cc(S(=O)(=O)N3CCOCC3)ccc21. The number of aromatic nitrogens is 2. The highest BCUT2D eigenvalue weighted by Crippen LogP contribution is 2.25. The second-order valence-corrected chi connectivity index (χ2v) is 9.87. The summed E-state index contributed by atoms with van der Waals surface area (Å²) in [6, 6.07) is 5.04. The van der Waals surface area contributed by atoms with E-state index in [9.17, 15) is 13.2 Å². The van der Waals surface area contributed by atoms with Gasteiger partial charge in [0.05, 0.1) is 35.1 Å². The second-order valence-electron chi connectivity index (χ2n) is 7.94. The molecule has 1 atom stereocenters. The molecule has 1 aliphatic carbocycles. The van der Waals surface area contributed by atoms with E-state index in [2.05, 4.69) is 18.0 Å². The van der Waals surface area contributed by atoms with E-state index in [0.717, 1.165) is 24.8 Å². The molecule has 2 aromatic rings. The van der Waals surface area contributed by atoms with Crippen molar-refractivity contribution in [2.45, 2.75) is 50.7 Å². The lowest BCUT2D eigenvalue weighted by molar-refractivity contribution is -0.150. The van der Waals surface area contributed by atoms with Crippen molar-refractivity contribution in [1.82, 2.24) is 13.9 Å². The van der Waals surface area contributed by atoms with Crippen molar-refractivity contribution >= 4 is 27.0 Å². The summed E-state index contributed by atoms with van der Waals surface area (Å²) in [5.74, 6) is 0.340. The van der Waals surface area contributed by atoms with Crippen LogP contribution < -0.4 is 0 Å². The van der Waals surface area contributed by atoms with E-state index in [0.29, 0.717) is 50.6 Å². The van der Waals surface area contributed by atoms with Crippen molar-refractivity contribution in [1.29, 1.82) is 0 Å². The summed E-state index contributed by atoms with van der Waals surface area (Å²) >= 11 is 0. The number of carbonyl (C=O) groups excluding carboxylic acids is 1. The Kier molecular flexibility index (Phi) is 6.74. The maximum Gasteiger partial charge on any atom is 0.309 e. The van der Waals surface area contributed by atoms with Crippen molar-refractivity contribution in [2.75, 3.05) is 26.3 Å². The summed E-state index contributed by atoms with van der Waals surface area (Å²) in [7, 11) is -3.60. The summed E-state index contributed by atoms with van der Waals surface area (Å²) in [5.41, 5.74) is 1.43. The Morgan fingerprint density at radius 3 is 2.77 bits per heavy atom. The van der Waals surface area contributed by atoms with Crippen molar-refractivity contribution in [3.8, 4) is 0 Å². The summed E-state index contributed by atoms with van der Waals surface area (Å²) in [4.78, 5) is 17.3. The Labute approximate surface area is 182 Å². The average molecular weight is 448 g/mol. The van der Waals surface area contributed by atoms with Gasteiger partial charge < -0.3 is 14.0 Å². The summed E-state index contributed by atoms with van der Waals surface area (Å²) in [6.07, 6.45) is 7.42. The van der Waals surface area contributed by atoms with Gasteiger partial charge in [-0.05, 0) is 43.9 Å². The third-order valence-electron chi connectivity index (χ3n) is 5.80. The number of benzene rings is 1. The minimum Gasteiger partial charge on any atom is -0.457 e. The van der Waals surface area contributed by atoms with E-state index in [4.69, 9.17) is 9.47 Å². The Hall–Kier alpha value is -2.23. The highest BCUT2D eigenvalue weighted by molar-refractivity contribution is 7.89. The van der Waals surface area contributed by atoms with Crippen LogP contribution in [0.3, 0.4) is 0 Å². The van der Waals surface area contributed by atoms with Gasteiger partial charge in [0.25, 0.3) is 0 Å². The van der Waals surface area contributed by atoms with Gasteiger partial charge in [0.2, 0.25) is 10.0 Å². The molecule has 1 unspecified atom stereocenters. The number of ether oxygens (including phenoxy) is 2. The van der Waals surface area contributed by atoms with Crippen LogP contribution in [0, 0.1) is 5.92 Å². The van der Waals surface area contributed by atoms with Gasteiger partial charge in [0.15, 0.2) is 0 Å². The van der Waals surface area contributed by atoms with Gasteiger partial charge in [0.1, 0.15) is 12.4 Å². The van der Waals surface area contributed by atoms with E-state index >= 15 is 0 Å². The number of nitrogens with zero attached hydrogens (tertiary/aromatic N) is 3. The molecule has 0 radical (unpaired) electrons. The van der Waals surface area contributed by atoms with Crippen molar-refractivity contribution < 1.29 is 22.7 Å². The highest BCUT2D eigenvalue weighted by atomic mass is 32.2. The van der Waals surface area contributed by atoms with E-state index < -0.39 is 10.0 Å². The van der Waals surface area contributed by atoms with Crippen LogP contribution >= 0.6 is 0 Å². The van der Waals surface area contributed by atoms with Crippen molar-refractivity contribution in [2.24, 2.45) is 5.92 Å². The number of esters is 1. The number of allylic oxidation sites excluding steroid dienone is 2. The molecule has 1 saturated heterocycles. The zero-order valence-corrected chi connectivity index (χ0v) is 18.6. The second kappa shape index (κ2) is 9.50. The van der Waals surface area contributed by atoms with Crippen LogP contribution in [0.4, 0.5) is 0 Å². The van der Waals surface area contributed by atoms with Crippen LogP contribution in [0.2, 0.25) is 0 Å². The molecular formula is C22H29N3O5S. The number of morpholine rings is 1. The van der Waals surface area contributed by atoms with Crippen LogP contribution in [0.15, 0.2) is 35.2 Å². The van der Waals surface area contributed by atoms with E-state index in [1.807, 2.05) is 10.6 Å². The van der Waals surface area contributed by atoms with E-state index in [-0.39, 0.29) is 23.4 Å². The van der Waals surface area contributed by atoms with Gasteiger partial charge in [-0.3, -0.25) is 4.79 Å². The maximum absolute atomic E-state index is 13.0. The topological polar surface area (TPSA) is 90.7 Å². The van der Waals surface area contributed by atoms with Gasteiger partial charge in [-0.15, -0.1) is 0 Å². The molecule has 0 N–H and O–H groups in total. The van der Waals surface area contributed by atoms with Crippen molar-refractivity contribution in [3.63, 3.8) is 0 Å². The fourth-order valence-electron chi connectivity index (χ4n) is 4.10. The standard InChI is InChI=1S/C22H29N3O5S/c1-2-10-25-20-9-8-18(31(27,28)24-11-13-29-14-12-24)15-19(20)23-21(25)16-30-22(26)17-6-4-3-5-7-17/h3-4,8-9,15,17H,2,5-7,10-14,16H2,1H3. The first-order valence-electron chi connectivity index (χ1n) is 10.9. The molecular weight excluding hydrogens is 418 g/mol. The fourth-order valence-corrected chi connectivity index (χ4v) is 5.53. The predicted octanol–water partition coefficient (Wildman–Crippen LogP) is 2.87. The lowest BCUT2D eigenvalue weighted by Gasteiger charge is -2.26. The number of rotatable bonds is 7. The first kappa shape index (κ1) is 22.0. The first-order chi connectivity index (χ1) is 15.0. The van der Waals surface area contributed by atoms with Crippen LogP contribution in [0.5, 0.6) is 0 Å². The number of hydrogen-bond acceptors (Lipinski definition) is 6. The number of sulfonamides is 1. The third kappa shape index (κ3) is 4.68. The minimum atomic E-state index is -3.60. The summed E-state index contributed by atoms with van der Waals surface area (Å²) < 4.78 is 40.3. The number of aryl methyl sites for hydroxylation is 1. The molecule has 4 rings (SSSR count). The normalized spacial score (nSPS) is 20.2. The van der Waals surface area contributed by atoms with Gasteiger partial charge in [-0.25, -0.2) is 13.4 Å². The molecule has 1 aliphatic heterocycles. The van der Waals surface area contributed by atoms with E-state index in [1.54, 1.807) is 18.2 Å².